The Morgan fingerprint density at radius 1 is 1.42 bits per heavy atom. The molecular weight excluding hydrogens is 315 g/mol. The van der Waals surface area contributed by atoms with Gasteiger partial charge in [0.05, 0.1) is 16.7 Å². The fourth-order valence-electron chi connectivity index (χ4n) is 1.34. The summed E-state index contributed by atoms with van der Waals surface area (Å²) in [5, 5.41) is 6.63. The molecule has 0 aliphatic carbocycles. The van der Waals surface area contributed by atoms with E-state index in [0.717, 1.165) is 4.64 Å². The number of nitrogens with one attached hydrogen (secondary N) is 2. The Labute approximate surface area is 119 Å². The minimum absolute atomic E-state index is 0.141. The van der Waals surface area contributed by atoms with Crippen molar-refractivity contribution in [2.45, 2.75) is 4.90 Å². The van der Waals surface area contributed by atoms with Crippen molar-refractivity contribution in [2.24, 2.45) is 5.10 Å². The van der Waals surface area contributed by atoms with Gasteiger partial charge in [0, 0.05) is 11.8 Å². The van der Waals surface area contributed by atoms with Crippen LogP contribution in [0.1, 0.15) is 0 Å². The Kier molecular flexibility index (Phi) is 3.85. The molecule has 0 amide bonds. The molecule has 7 nitrogen and oxygen atoms in total. The molecule has 1 heterocycles. The van der Waals surface area contributed by atoms with Crippen molar-refractivity contribution in [3.63, 3.8) is 0 Å². The number of hydrogen-bond acceptors (Lipinski definition) is 6. The van der Waals surface area contributed by atoms with E-state index < -0.39 is 10.1 Å². The number of allylic oxidation sites excluding steroid dienone is 1. The molecule has 0 atom stereocenters. The number of hydrazone groups is 1. The summed E-state index contributed by atoms with van der Waals surface area (Å²) in [5.74, 6) is 0.391. The lowest BCUT2D eigenvalue weighted by Gasteiger charge is -2.20. The summed E-state index contributed by atoms with van der Waals surface area (Å²) in [6.45, 7) is 0. The first kappa shape index (κ1) is 13.9. The van der Waals surface area contributed by atoms with Crippen LogP contribution in [0.25, 0.3) is 0 Å². The van der Waals surface area contributed by atoms with Gasteiger partial charge < -0.3 is 5.32 Å². The largest absolute Gasteiger partial charge is 0.341 e. The lowest BCUT2D eigenvalue weighted by atomic mass is 10.3. The molecule has 0 radical (unpaired) electrons. The van der Waals surface area contributed by atoms with Crippen LogP contribution in [0.3, 0.4) is 0 Å². The Morgan fingerprint density at radius 3 is 2.79 bits per heavy atom. The Hall–Kier alpha value is -1.48. The Balaban J connectivity index is 2.23. The summed E-state index contributed by atoms with van der Waals surface area (Å²) >= 11 is 11.3. The number of hydrazine groups is 1. The lowest BCUT2D eigenvalue weighted by molar-refractivity contribution is 0.396. The number of rotatable bonds is 3. The smallest absolute Gasteiger partial charge is 0.294 e. The van der Waals surface area contributed by atoms with E-state index >= 15 is 0 Å². The molecule has 0 bridgehead atoms. The van der Waals surface area contributed by atoms with Gasteiger partial charge in [-0.3, -0.25) is 9.98 Å². The molecule has 102 valence electrons. The summed E-state index contributed by atoms with van der Waals surface area (Å²) in [7, 11) is -4.25. The molecule has 0 aromatic heterocycles. The zero-order valence-corrected chi connectivity index (χ0v) is 11.5. The SMILES string of the molecule is O=S(=O)(O)c1cccc(NC2=CC(Cl)=NN(Cl)N2)c1. The molecule has 0 unspecified atom stereocenters. The molecule has 0 saturated heterocycles. The van der Waals surface area contributed by atoms with Crippen LogP contribution in [0.4, 0.5) is 5.69 Å². The Morgan fingerprint density at radius 2 is 2.16 bits per heavy atom. The molecule has 1 aliphatic rings. The standard InChI is InChI=1S/C9H8Cl2N4O3S/c10-8-5-9(14-15(11)13-8)12-6-2-1-3-7(4-6)19(16,17)18/h1-5,12,14H,(H,16,17,18). The molecule has 10 heteroatoms. The zero-order valence-electron chi connectivity index (χ0n) is 9.21. The highest BCUT2D eigenvalue weighted by atomic mass is 35.5. The summed E-state index contributed by atoms with van der Waals surface area (Å²) in [6.07, 6.45) is 1.46. The van der Waals surface area contributed by atoms with Crippen molar-refractivity contribution < 1.29 is 13.0 Å². The monoisotopic (exact) mass is 322 g/mol. The van der Waals surface area contributed by atoms with Crippen LogP contribution in [0.2, 0.25) is 0 Å². The van der Waals surface area contributed by atoms with E-state index in [1.165, 1.54) is 24.3 Å². The van der Waals surface area contributed by atoms with Gasteiger partial charge >= 0.3 is 0 Å². The lowest BCUT2D eigenvalue weighted by Crippen LogP contribution is -2.32. The highest BCUT2D eigenvalue weighted by molar-refractivity contribution is 7.85. The maximum atomic E-state index is 11.0. The molecule has 0 fully saturated rings. The maximum absolute atomic E-state index is 11.0. The zero-order chi connectivity index (χ0) is 14.0. The Bertz CT molecular complexity index is 659. The predicted octanol–water partition coefficient (Wildman–Crippen LogP) is 1.71. The fraction of sp³-hybridized carbons (Fsp3) is 0. The van der Waals surface area contributed by atoms with Gasteiger partial charge in [-0.15, -0.1) is 9.74 Å². The van der Waals surface area contributed by atoms with E-state index in [-0.39, 0.29) is 10.1 Å². The van der Waals surface area contributed by atoms with Gasteiger partial charge in [-0.05, 0) is 18.2 Å². The number of nitrogens with zero attached hydrogens (tertiary/aromatic N) is 2. The van der Waals surface area contributed by atoms with Crippen LogP contribution in [-0.2, 0) is 10.1 Å². The fourth-order valence-corrected chi connectivity index (χ4v) is 2.26. The molecule has 1 aromatic rings. The minimum Gasteiger partial charge on any atom is -0.341 e. The van der Waals surface area contributed by atoms with E-state index in [1.807, 2.05) is 0 Å². The van der Waals surface area contributed by atoms with Crippen LogP contribution in [0.5, 0.6) is 0 Å². The molecule has 19 heavy (non-hydrogen) atoms. The van der Waals surface area contributed by atoms with Gasteiger partial charge in [-0.2, -0.15) is 8.42 Å². The van der Waals surface area contributed by atoms with Crippen LogP contribution in [0.15, 0.2) is 46.2 Å². The number of benzene rings is 1. The quantitative estimate of drug-likeness (QED) is 0.579. The summed E-state index contributed by atoms with van der Waals surface area (Å²) < 4.78 is 31.8. The molecule has 0 saturated carbocycles. The van der Waals surface area contributed by atoms with Gasteiger partial charge in [-0.25, -0.2) is 0 Å². The van der Waals surface area contributed by atoms with E-state index in [0.29, 0.717) is 11.5 Å². The third-order valence-corrected chi connectivity index (χ3v) is 3.26. The topological polar surface area (TPSA) is 94.0 Å². The first-order valence-corrected chi connectivity index (χ1v) is 7.03. The van der Waals surface area contributed by atoms with Crippen molar-refractivity contribution in [1.29, 1.82) is 0 Å². The van der Waals surface area contributed by atoms with Crippen molar-refractivity contribution in [1.82, 2.24) is 10.1 Å². The highest BCUT2D eigenvalue weighted by Crippen LogP contribution is 2.17. The molecule has 2 rings (SSSR count). The van der Waals surface area contributed by atoms with Gasteiger partial charge in [0.15, 0.2) is 5.17 Å². The van der Waals surface area contributed by atoms with Crippen LogP contribution in [0, 0.1) is 0 Å². The average Bonchev–Trinajstić information content (AvgIpc) is 2.26. The third-order valence-electron chi connectivity index (χ3n) is 2.07. The van der Waals surface area contributed by atoms with Crippen LogP contribution < -0.4 is 10.7 Å². The normalized spacial score (nSPS) is 15.4. The summed E-state index contributed by atoms with van der Waals surface area (Å²) in [4.78, 5) is -0.226. The number of hydrogen-bond donors (Lipinski definition) is 3. The van der Waals surface area contributed by atoms with Crippen molar-refractivity contribution in [3.8, 4) is 0 Å². The van der Waals surface area contributed by atoms with E-state index in [2.05, 4.69) is 15.8 Å². The first-order chi connectivity index (χ1) is 8.84. The van der Waals surface area contributed by atoms with Crippen LogP contribution in [-0.4, -0.2) is 22.8 Å². The average molecular weight is 323 g/mol. The third kappa shape index (κ3) is 3.74. The van der Waals surface area contributed by atoms with E-state index in [1.54, 1.807) is 6.07 Å². The van der Waals surface area contributed by atoms with Crippen molar-refractivity contribution in [2.75, 3.05) is 5.32 Å². The minimum atomic E-state index is -4.25. The number of anilines is 1. The van der Waals surface area contributed by atoms with Crippen molar-refractivity contribution >= 4 is 44.4 Å². The molecule has 0 spiro atoms. The van der Waals surface area contributed by atoms with Gasteiger partial charge in [0.25, 0.3) is 10.1 Å². The van der Waals surface area contributed by atoms with E-state index in [9.17, 15) is 8.42 Å². The van der Waals surface area contributed by atoms with E-state index in [4.69, 9.17) is 27.9 Å². The molecule has 1 aliphatic heterocycles. The summed E-state index contributed by atoms with van der Waals surface area (Å²) in [6, 6.07) is 5.61. The second kappa shape index (κ2) is 5.25. The highest BCUT2D eigenvalue weighted by Gasteiger charge is 2.12. The van der Waals surface area contributed by atoms with Gasteiger partial charge in [0.1, 0.15) is 5.82 Å². The molecule has 1 aromatic carbocycles. The molecule has 3 N–H and O–H groups in total. The van der Waals surface area contributed by atoms with Gasteiger partial charge in [-0.1, -0.05) is 17.7 Å². The second-order valence-electron chi connectivity index (χ2n) is 3.48. The maximum Gasteiger partial charge on any atom is 0.294 e. The summed E-state index contributed by atoms with van der Waals surface area (Å²) in [5.41, 5.74) is 3.04. The van der Waals surface area contributed by atoms with Gasteiger partial charge in [0.2, 0.25) is 0 Å². The predicted molar refractivity (Wildman–Crippen MR) is 72.1 cm³/mol. The van der Waals surface area contributed by atoms with Crippen LogP contribution >= 0.6 is 23.4 Å². The number of halogens is 2. The van der Waals surface area contributed by atoms with Crippen molar-refractivity contribution in [3.05, 3.63) is 36.2 Å². The first-order valence-electron chi connectivity index (χ1n) is 4.87. The molecular formula is C9H8Cl2N4O3S. The second-order valence-corrected chi connectivity index (χ2v) is 5.61.